The summed E-state index contributed by atoms with van der Waals surface area (Å²) in [4.78, 5) is 34.8. The topological polar surface area (TPSA) is 122 Å². The summed E-state index contributed by atoms with van der Waals surface area (Å²) in [5.41, 5.74) is 10.1. The summed E-state index contributed by atoms with van der Waals surface area (Å²) >= 11 is 0. The minimum atomic E-state index is -1.08. The van der Waals surface area contributed by atoms with Gasteiger partial charge in [-0.05, 0) is 32.0 Å². The summed E-state index contributed by atoms with van der Waals surface area (Å²) in [6, 6.07) is 15.8. The second kappa shape index (κ2) is 9.36. The number of aromatic nitrogens is 2. The molecule has 0 fully saturated rings. The number of imide groups is 1. The highest BCUT2D eigenvalue weighted by Gasteiger charge is 2.35. The lowest BCUT2D eigenvalue weighted by molar-refractivity contribution is -0.302. The van der Waals surface area contributed by atoms with Crippen molar-refractivity contribution in [3.05, 3.63) is 72.1 Å². The molecule has 0 spiro atoms. The number of fused-ring (bicyclic) bond motifs is 2. The highest BCUT2D eigenvalue weighted by Crippen LogP contribution is 2.38. The molecular weight excluding hydrogens is 432 g/mol. The van der Waals surface area contributed by atoms with E-state index in [0.717, 1.165) is 52.8 Å². The van der Waals surface area contributed by atoms with Crippen molar-refractivity contribution < 1.29 is 19.5 Å². The van der Waals surface area contributed by atoms with Crippen LogP contribution in [0.15, 0.2) is 60.9 Å². The molecule has 2 amide bonds. The number of nitrogens with two attached hydrogens (primary N) is 1. The number of hydrogen-bond donors (Lipinski definition) is 2. The molecule has 2 aromatic carbocycles. The van der Waals surface area contributed by atoms with Gasteiger partial charge in [0.1, 0.15) is 0 Å². The van der Waals surface area contributed by atoms with E-state index in [-0.39, 0.29) is 11.8 Å². The Hall–Kier alpha value is -4.17. The number of rotatable bonds is 5. The van der Waals surface area contributed by atoms with Gasteiger partial charge in [-0.1, -0.05) is 36.4 Å². The van der Waals surface area contributed by atoms with Gasteiger partial charge >= 0.3 is 0 Å². The van der Waals surface area contributed by atoms with Crippen LogP contribution in [0.5, 0.6) is 0 Å². The molecule has 4 aromatic rings. The Kier molecular flexibility index (Phi) is 6.34. The SMILES string of the molecule is CC(=O)[O-].Cn1cc(C2=C(c3cn(CCCN)c4ccccc34)C(=O)NC2=O)c2ccccc21. The number of benzene rings is 2. The van der Waals surface area contributed by atoms with Gasteiger partial charge in [-0.25, -0.2) is 0 Å². The Labute approximate surface area is 196 Å². The average molecular weight is 458 g/mol. The maximum Gasteiger partial charge on any atom is 0.259 e. The molecule has 0 atom stereocenters. The number of amides is 2. The predicted octanol–water partition coefficient (Wildman–Crippen LogP) is 1.81. The van der Waals surface area contributed by atoms with Gasteiger partial charge in [-0.15, -0.1) is 0 Å². The standard InChI is InChI=1S/C24H22N4O2.C2H4O2/c1-27-13-17(15-7-2-4-9-19(15)27)21-22(24(30)26-23(21)29)18-14-28(12-6-11-25)20-10-5-3-8-16(18)20;1-2(3)4/h2-5,7-10,13-14H,6,11-12,25H2,1H3,(H,26,29,30);1H3,(H,3,4)/p-1. The molecule has 0 unspecified atom stereocenters. The van der Waals surface area contributed by atoms with E-state index in [2.05, 4.69) is 9.88 Å². The van der Waals surface area contributed by atoms with Crippen molar-refractivity contribution in [1.82, 2.24) is 14.5 Å². The first-order valence-corrected chi connectivity index (χ1v) is 10.9. The fourth-order valence-electron chi connectivity index (χ4n) is 4.40. The maximum atomic E-state index is 13.0. The largest absolute Gasteiger partial charge is 0.550 e. The molecule has 0 aliphatic carbocycles. The van der Waals surface area contributed by atoms with E-state index in [0.29, 0.717) is 17.7 Å². The van der Waals surface area contributed by atoms with Crippen molar-refractivity contribution in [3.63, 3.8) is 0 Å². The lowest BCUT2D eigenvalue weighted by Crippen LogP contribution is -2.22. The van der Waals surface area contributed by atoms with Crippen LogP contribution >= 0.6 is 0 Å². The van der Waals surface area contributed by atoms with Crippen LogP contribution < -0.4 is 16.2 Å². The first-order valence-electron chi connectivity index (χ1n) is 10.9. The number of carboxylic acids is 1. The van der Waals surface area contributed by atoms with Crippen LogP contribution in [0.4, 0.5) is 0 Å². The number of carbonyl (C=O) groups is 3. The lowest BCUT2D eigenvalue weighted by Gasteiger charge is -2.03. The first-order chi connectivity index (χ1) is 16.3. The number of carboxylic acid groups (broad SMARTS) is 1. The molecule has 8 nitrogen and oxygen atoms in total. The van der Waals surface area contributed by atoms with E-state index < -0.39 is 5.97 Å². The fourth-order valence-corrected chi connectivity index (χ4v) is 4.40. The monoisotopic (exact) mass is 457 g/mol. The third kappa shape index (κ3) is 4.11. The number of carbonyl (C=O) groups excluding carboxylic acids is 3. The average Bonchev–Trinajstić information content (AvgIpc) is 3.43. The zero-order chi connectivity index (χ0) is 24.4. The van der Waals surface area contributed by atoms with E-state index in [4.69, 9.17) is 15.6 Å². The normalized spacial score (nSPS) is 13.4. The van der Waals surface area contributed by atoms with Gasteiger partial charge in [0.05, 0.1) is 11.1 Å². The molecule has 0 radical (unpaired) electrons. The Morgan fingerprint density at radius 3 is 2.00 bits per heavy atom. The van der Waals surface area contributed by atoms with Crippen LogP contribution in [0.25, 0.3) is 33.0 Å². The minimum absolute atomic E-state index is 0.356. The Bertz CT molecular complexity index is 1450. The van der Waals surface area contributed by atoms with Crippen LogP contribution in [0.2, 0.25) is 0 Å². The van der Waals surface area contributed by atoms with E-state index in [1.807, 2.05) is 72.5 Å². The van der Waals surface area contributed by atoms with Crippen molar-refractivity contribution in [2.45, 2.75) is 19.9 Å². The van der Waals surface area contributed by atoms with E-state index >= 15 is 0 Å². The smallest absolute Gasteiger partial charge is 0.259 e. The van der Waals surface area contributed by atoms with Gasteiger partial charge < -0.3 is 24.8 Å². The summed E-state index contributed by atoms with van der Waals surface area (Å²) in [5.74, 6) is -1.80. The molecule has 5 rings (SSSR count). The summed E-state index contributed by atoms with van der Waals surface area (Å²) < 4.78 is 4.09. The van der Waals surface area contributed by atoms with Crippen molar-refractivity contribution >= 4 is 50.7 Å². The third-order valence-electron chi connectivity index (χ3n) is 5.76. The maximum absolute atomic E-state index is 13.0. The Balaban J connectivity index is 0.000000636. The second-order valence-electron chi connectivity index (χ2n) is 8.09. The fraction of sp³-hybridized carbons (Fsp3) is 0.192. The summed E-state index contributed by atoms with van der Waals surface area (Å²) in [7, 11) is 1.94. The molecule has 0 saturated heterocycles. The number of aliphatic carboxylic acids is 1. The summed E-state index contributed by atoms with van der Waals surface area (Å²) in [6.07, 6.45) is 4.73. The molecule has 3 N–H and O–H groups in total. The van der Waals surface area contributed by atoms with Gasteiger partial charge in [0.15, 0.2) is 0 Å². The molecule has 3 heterocycles. The number of nitrogens with one attached hydrogen (secondary N) is 1. The van der Waals surface area contributed by atoms with Crippen LogP contribution in [0.3, 0.4) is 0 Å². The quantitative estimate of drug-likeness (QED) is 0.443. The number of para-hydroxylation sites is 2. The van der Waals surface area contributed by atoms with E-state index in [1.165, 1.54) is 0 Å². The zero-order valence-electron chi connectivity index (χ0n) is 19.0. The molecule has 2 aromatic heterocycles. The number of aryl methyl sites for hydroxylation is 2. The molecule has 174 valence electrons. The molecule has 34 heavy (non-hydrogen) atoms. The molecule has 0 bridgehead atoms. The molecule has 1 aliphatic heterocycles. The van der Waals surface area contributed by atoms with Gasteiger partial charge in [-0.3, -0.25) is 14.9 Å². The Morgan fingerprint density at radius 2 is 1.41 bits per heavy atom. The molecule has 0 saturated carbocycles. The lowest BCUT2D eigenvalue weighted by atomic mass is 9.95. The van der Waals surface area contributed by atoms with Crippen LogP contribution in [0.1, 0.15) is 24.5 Å². The Morgan fingerprint density at radius 1 is 0.912 bits per heavy atom. The highest BCUT2D eigenvalue weighted by molar-refractivity contribution is 6.50. The molecule has 8 heteroatoms. The first kappa shape index (κ1) is 23.0. The van der Waals surface area contributed by atoms with Gasteiger partial charge in [-0.2, -0.15) is 0 Å². The number of nitrogens with zero attached hydrogens (tertiary/aromatic N) is 2. The van der Waals surface area contributed by atoms with Crippen LogP contribution in [-0.2, 0) is 28.0 Å². The summed E-state index contributed by atoms with van der Waals surface area (Å²) in [6.45, 7) is 2.31. The van der Waals surface area contributed by atoms with Crippen molar-refractivity contribution in [3.8, 4) is 0 Å². The molecule has 1 aliphatic rings. The van der Waals surface area contributed by atoms with Crippen LogP contribution in [0, 0.1) is 0 Å². The van der Waals surface area contributed by atoms with Crippen molar-refractivity contribution in [1.29, 1.82) is 0 Å². The predicted molar refractivity (Wildman–Crippen MR) is 129 cm³/mol. The van der Waals surface area contributed by atoms with Crippen molar-refractivity contribution in [2.75, 3.05) is 6.54 Å². The second-order valence-corrected chi connectivity index (χ2v) is 8.09. The van der Waals surface area contributed by atoms with Gasteiger partial charge in [0.2, 0.25) is 0 Å². The minimum Gasteiger partial charge on any atom is -0.550 e. The van der Waals surface area contributed by atoms with Crippen LogP contribution in [-0.4, -0.2) is 33.5 Å². The summed E-state index contributed by atoms with van der Waals surface area (Å²) in [5, 5.41) is 13.3. The van der Waals surface area contributed by atoms with E-state index in [9.17, 15) is 9.59 Å². The van der Waals surface area contributed by atoms with Gasteiger partial charge in [0, 0.05) is 64.9 Å². The zero-order valence-corrected chi connectivity index (χ0v) is 19.0. The van der Waals surface area contributed by atoms with Crippen molar-refractivity contribution in [2.24, 2.45) is 12.8 Å². The molecular formula is C26H25N4O4-. The van der Waals surface area contributed by atoms with E-state index in [1.54, 1.807) is 0 Å². The van der Waals surface area contributed by atoms with Gasteiger partial charge in [0.25, 0.3) is 11.8 Å². The third-order valence-corrected chi connectivity index (χ3v) is 5.76. The highest BCUT2D eigenvalue weighted by atomic mass is 16.4. The number of hydrogen-bond acceptors (Lipinski definition) is 5.